The molecule has 2 aromatic heterocycles. The van der Waals surface area contributed by atoms with Gasteiger partial charge >= 0.3 is 0 Å². The lowest BCUT2D eigenvalue weighted by molar-refractivity contribution is -0.384. The second kappa shape index (κ2) is 4.84. The van der Waals surface area contributed by atoms with Gasteiger partial charge in [0.05, 0.1) is 16.8 Å². The lowest BCUT2D eigenvalue weighted by atomic mass is 10.3. The number of rotatable bonds is 3. The Kier molecular flexibility index (Phi) is 2.88. The maximum absolute atomic E-state index is 10.6. The van der Waals surface area contributed by atoms with Gasteiger partial charge in [-0.3, -0.25) is 15.1 Å². The minimum absolute atomic E-state index is 0.0231. The molecule has 0 unspecified atom stereocenters. The lowest BCUT2D eigenvalue weighted by Crippen LogP contribution is -2.01. The zero-order chi connectivity index (χ0) is 13.9. The first-order valence-corrected chi connectivity index (χ1v) is 5.67. The third-order valence-corrected chi connectivity index (χ3v) is 2.65. The molecule has 0 fully saturated rings. The highest BCUT2D eigenvalue weighted by Crippen LogP contribution is 2.19. The molecular formula is C12H8N6O2. The average molecular weight is 268 g/mol. The van der Waals surface area contributed by atoms with Crippen LogP contribution in [-0.2, 0) is 0 Å². The summed E-state index contributed by atoms with van der Waals surface area (Å²) in [6, 6.07) is 6.04. The van der Waals surface area contributed by atoms with Crippen molar-refractivity contribution in [2.75, 3.05) is 0 Å². The molecule has 3 aromatic rings. The van der Waals surface area contributed by atoms with Gasteiger partial charge in [0.2, 0.25) is 0 Å². The molecule has 0 bridgehead atoms. The Morgan fingerprint density at radius 3 is 2.55 bits per heavy atom. The zero-order valence-electron chi connectivity index (χ0n) is 10.1. The zero-order valence-corrected chi connectivity index (χ0v) is 10.1. The number of benzene rings is 1. The Hall–Kier alpha value is -3.16. The molecule has 0 spiro atoms. The van der Waals surface area contributed by atoms with Crippen molar-refractivity contribution in [3.05, 3.63) is 59.3 Å². The van der Waals surface area contributed by atoms with Gasteiger partial charge in [-0.2, -0.15) is 5.10 Å². The van der Waals surface area contributed by atoms with Crippen molar-refractivity contribution < 1.29 is 4.92 Å². The minimum Gasteiger partial charge on any atom is -0.261 e. The maximum Gasteiger partial charge on any atom is 0.269 e. The van der Waals surface area contributed by atoms with Gasteiger partial charge < -0.3 is 0 Å². The molecule has 0 N–H and O–H groups in total. The number of hydrogen-bond donors (Lipinski definition) is 0. The van der Waals surface area contributed by atoms with Crippen LogP contribution >= 0.6 is 0 Å². The molecule has 8 nitrogen and oxygen atoms in total. The van der Waals surface area contributed by atoms with E-state index in [1.54, 1.807) is 35.4 Å². The van der Waals surface area contributed by atoms with E-state index >= 15 is 0 Å². The van der Waals surface area contributed by atoms with Crippen LogP contribution in [0.3, 0.4) is 0 Å². The summed E-state index contributed by atoms with van der Waals surface area (Å²) in [6.07, 6.45) is 6.09. The summed E-state index contributed by atoms with van der Waals surface area (Å²) in [5.74, 6) is 0.520. The topological polar surface area (TPSA) is 99.6 Å². The first kappa shape index (κ1) is 11.9. The Labute approximate surface area is 112 Å². The van der Waals surface area contributed by atoms with Crippen molar-refractivity contribution in [2.24, 2.45) is 0 Å². The first-order chi connectivity index (χ1) is 9.75. The summed E-state index contributed by atoms with van der Waals surface area (Å²) in [5.41, 5.74) is 1.26. The molecule has 0 radical (unpaired) electrons. The molecule has 0 aliphatic carbocycles. The van der Waals surface area contributed by atoms with Gasteiger partial charge in [-0.05, 0) is 12.1 Å². The van der Waals surface area contributed by atoms with Gasteiger partial charge in [0.15, 0.2) is 5.82 Å². The summed E-state index contributed by atoms with van der Waals surface area (Å²) < 4.78 is 1.55. The fourth-order valence-electron chi connectivity index (χ4n) is 1.74. The molecule has 0 aliphatic rings. The van der Waals surface area contributed by atoms with Gasteiger partial charge in [-0.25, -0.2) is 14.6 Å². The van der Waals surface area contributed by atoms with Crippen LogP contribution < -0.4 is 0 Å². The number of aromatic nitrogens is 5. The number of nitro groups is 1. The number of non-ortho nitro benzene ring substituents is 1. The van der Waals surface area contributed by atoms with Crippen LogP contribution in [0.15, 0.2) is 49.2 Å². The van der Waals surface area contributed by atoms with Gasteiger partial charge in [-0.15, -0.1) is 0 Å². The quantitative estimate of drug-likeness (QED) is 0.528. The Balaban J connectivity index is 2.04. The van der Waals surface area contributed by atoms with E-state index in [1.807, 2.05) is 0 Å². The monoisotopic (exact) mass is 268 g/mol. The van der Waals surface area contributed by atoms with E-state index in [9.17, 15) is 10.1 Å². The normalized spacial score (nSPS) is 10.4. The number of hydrogen-bond acceptors (Lipinski definition) is 6. The molecule has 0 aliphatic heterocycles. The van der Waals surface area contributed by atoms with Crippen LogP contribution in [0, 0.1) is 10.1 Å². The number of nitrogens with zero attached hydrogens (tertiary/aromatic N) is 6. The first-order valence-electron chi connectivity index (χ1n) is 5.67. The van der Waals surface area contributed by atoms with Crippen molar-refractivity contribution in [2.45, 2.75) is 0 Å². The molecule has 3 rings (SSSR count). The van der Waals surface area contributed by atoms with E-state index in [4.69, 9.17) is 0 Å². The molecule has 0 saturated heterocycles. The summed E-state index contributed by atoms with van der Waals surface area (Å²) >= 11 is 0. The largest absolute Gasteiger partial charge is 0.269 e. The van der Waals surface area contributed by atoms with Crippen molar-refractivity contribution in [3.63, 3.8) is 0 Å². The molecule has 8 heteroatoms. The molecule has 1 aromatic carbocycles. The van der Waals surface area contributed by atoms with Crippen molar-refractivity contribution in [1.82, 2.24) is 24.7 Å². The van der Waals surface area contributed by atoms with Gasteiger partial charge in [0.1, 0.15) is 12.0 Å². The van der Waals surface area contributed by atoms with Gasteiger partial charge in [0, 0.05) is 24.5 Å². The van der Waals surface area contributed by atoms with E-state index in [0.29, 0.717) is 17.2 Å². The molecule has 0 saturated carbocycles. The number of nitro benzene ring substituents is 1. The van der Waals surface area contributed by atoms with Crippen LogP contribution in [0.5, 0.6) is 0 Å². The fraction of sp³-hybridized carbons (Fsp3) is 0. The van der Waals surface area contributed by atoms with Gasteiger partial charge in [0.25, 0.3) is 5.69 Å². The fourth-order valence-corrected chi connectivity index (χ4v) is 1.74. The highest BCUT2D eigenvalue weighted by molar-refractivity contribution is 5.52. The van der Waals surface area contributed by atoms with Crippen LogP contribution in [0.2, 0.25) is 0 Å². The Morgan fingerprint density at radius 2 is 1.90 bits per heavy atom. The highest BCUT2D eigenvalue weighted by atomic mass is 16.6. The van der Waals surface area contributed by atoms with E-state index in [-0.39, 0.29) is 5.69 Å². The summed E-state index contributed by atoms with van der Waals surface area (Å²) in [4.78, 5) is 22.5. The SMILES string of the molecule is O=[N+]([O-])c1ccc(-n2ncnc2-c2cnccn2)cc1. The van der Waals surface area contributed by atoms with Crippen molar-refractivity contribution >= 4 is 5.69 Å². The van der Waals surface area contributed by atoms with Crippen LogP contribution in [-0.4, -0.2) is 29.7 Å². The maximum atomic E-state index is 10.6. The minimum atomic E-state index is -0.450. The predicted molar refractivity (Wildman–Crippen MR) is 69.0 cm³/mol. The average Bonchev–Trinajstić information content (AvgIpc) is 2.97. The second-order valence-electron chi connectivity index (χ2n) is 3.86. The summed E-state index contributed by atoms with van der Waals surface area (Å²) in [6.45, 7) is 0. The van der Waals surface area contributed by atoms with E-state index in [0.717, 1.165) is 0 Å². The van der Waals surface area contributed by atoms with Crippen molar-refractivity contribution in [3.8, 4) is 17.2 Å². The van der Waals surface area contributed by atoms with E-state index in [2.05, 4.69) is 20.1 Å². The molecule has 0 atom stereocenters. The highest BCUT2D eigenvalue weighted by Gasteiger charge is 2.12. The van der Waals surface area contributed by atoms with Gasteiger partial charge in [-0.1, -0.05) is 0 Å². The van der Waals surface area contributed by atoms with E-state index < -0.39 is 4.92 Å². The second-order valence-corrected chi connectivity index (χ2v) is 3.86. The summed E-state index contributed by atoms with van der Waals surface area (Å²) in [7, 11) is 0. The lowest BCUT2D eigenvalue weighted by Gasteiger charge is -2.04. The predicted octanol–water partition coefficient (Wildman–Crippen LogP) is 1.63. The smallest absolute Gasteiger partial charge is 0.261 e. The molecule has 0 amide bonds. The summed E-state index contributed by atoms with van der Waals surface area (Å²) in [5, 5.41) is 14.7. The van der Waals surface area contributed by atoms with Crippen LogP contribution in [0.25, 0.3) is 17.2 Å². The standard InChI is InChI=1S/C12H8N6O2/c19-18(20)10-3-1-9(2-4-10)17-12(15-8-16-17)11-7-13-5-6-14-11/h1-8H. The molecule has 2 heterocycles. The Bertz CT molecular complexity index is 738. The van der Waals surface area contributed by atoms with Crippen LogP contribution in [0.1, 0.15) is 0 Å². The van der Waals surface area contributed by atoms with Crippen LogP contribution in [0.4, 0.5) is 5.69 Å². The molecule has 20 heavy (non-hydrogen) atoms. The molecule has 98 valence electrons. The Morgan fingerprint density at radius 1 is 1.10 bits per heavy atom. The third-order valence-electron chi connectivity index (χ3n) is 2.65. The van der Waals surface area contributed by atoms with Crippen molar-refractivity contribution in [1.29, 1.82) is 0 Å². The van der Waals surface area contributed by atoms with E-state index in [1.165, 1.54) is 18.5 Å². The molecular weight excluding hydrogens is 260 g/mol. The third kappa shape index (κ3) is 2.09.